The number of aromatic nitrogens is 2. The Morgan fingerprint density at radius 3 is 2.71 bits per heavy atom. The van der Waals surface area contributed by atoms with Crippen molar-refractivity contribution in [1.82, 2.24) is 14.9 Å². The van der Waals surface area contributed by atoms with Gasteiger partial charge < -0.3 is 5.32 Å². The predicted octanol–water partition coefficient (Wildman–Crippen LogP) is 2.01. The molecule has 0 unspecified atom stereocenters. The summed E-state index contributed by atoms with van der Waals surface area (Å²) in [6, 6.07) is 0. The number of hydrogen-bond acceptors (Lipinski definition) is 3. The SMILES string of the molecule is CCCCNCCn1c(C)c(Br)c(C)nc1=O. The predicted molar refractivity (Wildman–Crippen MR) is 73.4 cm³/mol. The molecule has 1 aromatic rings. The summed E-state index contributed by atoms with van der Waals surface area (Å²) >= 11 is 3.46. The standard InChI is InChI=1S/C12H20BrN3O/c1-4-5-6-14-7-8-16-10(3)11(13)9(2)15-12(16)17/h14H,4-8H2,1-3H3. The van der Waals surface area contributed by atoms with E-state index in [1.165, 1.54) is 12.8 Å². The summed E-state index contributed by atoms with van der Waals surface area (Å²) in [6.45, 7) is 8.41. The quantitative estimate of drug-likeness (QED) is 0.818. The Balaban J connectivity index is 2.65. The Labute approximate surface area is 111 Å². The minimum absolute atomic E-state index is 0.166. The van der Waals surface area contributed by atoms with Gasteiger partial charge in [-0.1, -0.05) is 13.3 Å². The maximum absolute atomic E-state index is 11.7. The molecular formula is C12H20BrN3O. The minimum atomic E-state index is -0.166. The van der Waals surface area contributed by atoms with Crippen molar-refractivity contribution in [3.63, 3.8) is 0 Å². The monoisotopic (exact) mass is 301 g/mol. The molecule has 0 aliphatic carbocycles. The van der Waals surface area contributed by atoms with E-state index in [0.29, 0.717) is 6.54 Å². The van der Waals surface area contributed by atoms with Gasteiger partial charge in [0.2, 0.25) is 0 Å². The first-order valence-electron chi connectivity index (χ1n) is 6.02. The zero-order valence-corrected chi connectivity index (χ0v) is 12.3. The van der Waals surface area contributed by atoms with E-state index in [1.807, 2.05) is 13.8 Å². The van der Waals surface area contributed by atoms with Crippen molar-refractivity contribution < 1.29 is 0 Å². The second-order valence-corrected chi connectivity index (χ2v) is 4.93. The van der Waals surface area contributed by atoms with Crippen molar-refractivity contribution in [2.45, 2.75) is 40.2 Å². The zero-order chi connectivity index (χ0) is 12.8. The summed E-state index contributed by atoms with van der Waals surface area (Å²) in [7, 11) is 0. The van der Waals surface area contributed by atoms with Crippen molar-refractivity contribution in [2.24, 2.45) is 0 Å². The van der Waals surface area contributed by atoms with Gasteiger partial charge in [-0.3, -0.25) is 4.57 Å². The number of rotatable bonds is 6. The molecule has 0 spiro atoms. The van der Waals surface area contributed by atoms with Crippen LogP contribution in [0.1, 0.15) is 31.2 Å². The first-order valence-corrected chi connectivity index (χ1v) is 6.81. The number of aryl methyl sites for hydroxylation is 1. The van der Waals surface area contributed by atoms with Crippen LogP contribution in [0.15, 0.2) is 9.27 Å². The van der Waals surface area contributed by atoms with E-state index in [-0.39, 0.29) is 5.69 Å². The second kappa shape index (κ2) is 6.91. The molecule has 0 bridgehead atoms. The van der Waals surface area contributed by atoms with Crippen molar-refractivity contribution >= 4 is 15.9 Å². The van der Waals surface area contributed by atoms with Gasteiger partial charge in [-0.25, -0.2) is 4.79 Å². The van der Waals surface area contributed by atoms with Gasteiger partial charge in [0.1, 0.15) is 0 Å². The fourth-order valence-electron chi connectivity index (χ4n) is 1.66. The van der Waals surface area contributed by atoms with Crippen LogP contribution in [0.4, 0.5) is 0 Å². The normalized spacial score (nSPS) is 10.8. The maximum atomic E-state index is 11.7. The van der Waals surface area contributed by atoms with Gasteiger partial charge in [0.05, 0.1) is 10.2 Å². The minimum Gasteiger partial charge on any atom is -0.315 e. The van der Waals surface area contributed by atoms with Crippen LogP contribution in [-0.4, -0.2) is 22.6 Å². The molecule has 0 radical (unpaired) electrons. The fraction of sp³-hybridized carbons (Fsp3) is 0.667. The number of hydrogen-bond donors (Lipinski definition) is 1. The molecule has 0 fully saturated rings. The molecule has 17 heavy (non-hydrogen) atoms. The fourth-order valence-corrected chi connectivity index (χ4v) is 1.96. The second-order valence-electron chi connectivity index (χ2n) is 4.13. The first-order chi connectivity index (χ1) is 8.07. The van der Waals surface area contributed by atoms with Crippen LogP contribution in [0, 0.1) is 13.8 Å². The largest absolute Gasteiger partial charge is 0.348 e. The third-order valence-corrected chi connectivity index (χ3v) is 3.90. The highest BCUT2D eigenvalue weighted by molar-refractivity contribution is 9.10. The molecule has 0 atom stereocenters. The van der Waals surface area contributed by atoms with Crippen LogP contribution in [0.5, 0.6) is 0 Å². The van der Waals surface area contributed by atoms with Gasteiger partial charge in [0.25, 0.3) is 0 Å². The Bertz CT molecular complexity index is 428. The molecular weight excluding hydrogens is 282 g/mol. The van der Waals surface area contributed by atoms with E-state index < -0.39 is 0 Å². The average molecular weight is 302 g/mol. The number of nitrogens with zero attached hydrogens (tertiary/aromatic N) is 2. The molecule has 1 heterocycles. The Hall–Kier alpha value is -0.680. The summed E-state index contributed by atoms with van der Waals surface area (Å²) in [5.74, 6) is 0. The lowest BCUT2D eigenvalue weighted by molar-refractivity contribution is 0.551. The summed E-state index contributed by atoms with van der Waals surface area (Å²) in [4.78, 5) is 15.7. The topological polar surface area (TPSA) is 46.9 Å². The van der Waals surface area contributed by atoms with E-state index in [1.54, 1.807) is 4.57 Å². The molecule has 0 amide bonds. The molecule has 0 saturated heterocycles. The van der Waals surface area contributed by atoms with E-state index >= 15 is 0 Å². The van der Waals surface area contributed by atoms with E-state index in [4.69, 9.17) is 0 Å². The number of nitrogens with one attached hydrogen (secondary N) is 1. The van der Waals surface area contributed by atoms with Crippen LogP contribution in [0.25, 0.3) is 0 Å². The van der Waals surface area contributed by atoms with Gasteiger partial charge in [-0.15, -0.1) is 0 Å². The average Bonchev–Trinajstić information content (AvgIpc) is 2.30. The van der Waals surface area contributed by atoms with Crippen LogP contribution in [-0.2, 0) is 6.54 Å². The first kappa shape index (κ1) is 14.4. The van der Waals surface area contributed by atoms with E-state index in [0.717, 1.165) is 29.0 Å². The molecule has 1 aromatic heterocycles. The molecule has 5 heteroatoms. The number of halogens is 1. The maximum Gasteiger partial charge on any atom is 0.348 e. The number of unbranched alkanes of at least 4 members (excludes halogenated alkanes) is 1. The third kappa shape index (κ3) is 3.92. The highest BCUT2D eigenvalue weighted by Crippen LogP contribution is 2.16. The van der Waals surface area contributed by atoms with Gasteiger partial charge >= 0.3 is 5.69 Å². The summed E-state index contributed by atoms with van der Waals surface area (Å²) in [5.41, 5.74) is 1.53. The zero-order valence-electron chi connectivity index (χ0n) is 10.7. The van der Waals surface area contributed by atoms with Crippen LogP contribution < -0.4 is 11.0 Å². The lowest BCUT2D eigenvalue weighted by atomic mass is 10.3. The van der Waals surface area contributed by atoms with Crippen LogP contribution >= 0.6 is 15.9 Å². The molecule has 1 N–H and O–H groups in total. The summed E-state index contributed by atoms with van der Waals surface area (Å²) < 4.78 is 2.63. The Morgan fingerprint density at radius 1 is 1.35 bits per heavy atom. The highest BCUT2D eigenvalue weighted by atomic mass is 79.9. The molecule has 1 rings (SSSR count). The molecule has 96 valence electrons. The molecule has 0 aliphatic heterocycles. The molecule has 0 aromatic carbocycles. The van der Waals surface area contributed by atoms with Crippen LogP contribution in [0.3, 0.4) is 0 Å². The van der Waals surface area contributed by atoms with Gasteiger partial charge in [0, 0.05) is 18.8 Å². The lowest BCUT2D eigenvalue weighted by Gasteiger charge is -2.12. The third-order valence-electron chi connectivity index (χ3n) is 2.75. The van der Waals surface area contributed by atoms with Gasteiger partial charge in [-0.05, 0) is 42.7 Å². The van der Waals surface area contributed by atoms with Crippen molar-refractivity contribution in [1.29, 1.82) is 0 Å². The van der Waals surface area contributed by atoms with Gasteiger partial charge in [-0.2, -0.15) is 4.98 Å². The summed E-state index contributed by atoms with van der Waals surface area (Å²) in [5, 5.41) is 3.32. The van der Waals surface area contributed by atoms with E-state index in [2.05, 4.69) is 33.2 Å². The van der Waals surface area contributed by atoms with Crippen molar-refractivity contribution in [3.8, 4) is 0 Å². The highest BCUT2D eigenvalue weighted by Gasteiger charge is 2.08. The Morgan fingerprint density at radius 2 is 2.06 bits per heavy atom. The van der Waals surface area contributed by atoms with Crippen molar-refractivity contribution in [3.05, 3.63) is 26.3 Å². The summed E-state index contributed by atoms with van der Waals surface area (Å²) in [6.07, 6.45) is 2.35. The lowest BCUT2D eigenvalue weighted by Crippen LogP contribution is -2.31. The van der Waals surface area contributed by atoms with Gasteiger partial charge in [0.15, 0.2) is 0 Å². The van der Waals surface area contributed by atoms with Crippen LogP contribution in [0.2, 0.25) is 0 Å². The molecule has 0 aliphatic rings. The molecule has 0 saturated carbocycles. The molecule has 4 nitrogen and oxygen atoms in total. The smallest absolute Gasteiger partial charge is 0.315 e. The Kier molecular flexibility index (Phi) is 5.85. The van der Waals surface area contributed by atoms with Crippen molar-refractivity contribution in [2.75, 3.05) is 13.1 Å². The van der Waals surface area contributed by atoms with E-state index in [9.17, 15) is 4.79 Å².